The summed E-state index contributed by atoms with van der Waals surface area (Å²) in [6, 6.07) is 6.07. The number of carbonyl (C=O) groups is 1. The van der Waals surface area contributed by atoms with Gasteiger partial charge < -0.3 is 15.4 Å². The molecule has 1 amide bonds. The molecule has 2 aromatic rings. The molecule has 138 valence electrons. The maximum atomic E-state index is 12.5. The molecule has 0 bridgehead atoms. The smallest absolute Gasteiger partial charge is 0.258 e. The maximum Gasteiger partial charge on any atom is 0.258 e. The third-order valence-electron chi connectivity index (χ3n) is 4.71. The average Bonchev–Trinajstić information content (AvgIpc) is 2.91. The normalized spacial score (nSPS) is 15.2. The number of rotatable bonds is 5. The second-order valence-corrected chi connectivity index (χ2v) is 6.79. The van der Waals surface area contributed by atoms with E-state index < -0.39 is 0 Å². The van der Waals surface area contributed by atoms with E-state index in [2.05, 4.69) is 20.6 Å². The Morgan fingerprint density at radius 3 is 2.46 bits per heavy atom. The van der Waals surface area contributed by atoms with Crippen molar-refractivity contribution in [1.29, 1.82) is 0 Å². The molecule has 26 heavy (non-hydrogen) atoms. The molecular weight excluding hydrogens is 328 g/mol. The molecule has 1 saturated carbocycles. The maximum absolute atomic E-state index is 12.5. The average molecular weight is 354 g/mol. The second-order valence-electron chi connectivity index (χ2n) is 6.79. The number of anilines is 2. The van der Waals surface area contributed by atoms with Crippen LogP contribution in [0.2, 0.25) is 0 Å². The van der Waals surface area contributed by atoms with Gasteiger partial charge in [0.25, 0.3) is 5.91 Å². The lowest BCUT2D eigenvalue weighted by Gasteiger charge is -2.16. The number of aromatic nitrogens is 2. The molecule has 1 aliphatic carbocycles. The summed E-state index contributed by atoms with van der Waals surface area (Å²) in [4.78, 5) is 21.1. The summed E-state index contributed by atoms with van der Waals surface area (Å²) in [5.41, 5.74) is 2.10. The Bertz CT molecular complexity index is 738. The minimum Gasteiger partial charge on any atom is -0.495 e. The van der Waals surface area contributed by atoms with Crippen LogP contribution in [-0.2, 0) is 0 Å². The Hall–Kier alpha value is -2.63. The SMILES string of the molecule is COc1ccc(C)cc1NC(=O)c1cnc(NC2CCCCCC2)nc1. The van der Waals surface area contributed by atoms with Crippen molar-refractivity contribution in [2.75, 3.05) is 17.7 Å². The van der Waals surface area contributed by atoms with Crippen molar-refractivity contribution in [3.8, 4) is 5.75 Å². The molecule has 0 aliphatic heterocycles. The van der Waals surface area contributed by atoms with Crippen molar-refractivity contribution in [3.63, 3.8) is 0 Å². The van der Waals surface area contributed by atoms with Crippen LogP contribution < -0.4 is 15.4 Å². The number of ether oxygens (including phenoxy) is 1. The van der Waals surface area contributed by atoms with Gasteiger partial charge in [0.2, 0.25) is 5.95 Å². The first kappa shape index (κ1) is 18.2. The Labute approximate surface area is 154 Å². The van der Waals surface area contributed by atoms with E-state index in [9.17, 15) is 4.79 Å². The third-order valence-corrected chi connectivity index (χ3v) is 4.71. The van der Waals surface area contributed by atoms with Crippen molar-refractivity contribution < 1.29 is 9.53 Å². The first-order chi connectivity index (χ1) is 12.7. The van der Waals surface area contributed by atoms with E-state index in [-0.39, 0.29) is 5.91 Å². The molecule has 1 heterocycles. The van der Waals surface area contributed by atoms with Crippen LogP contribution in [-0.4, -0.2) is 29.0 Å². The van der Waals surface area contributed by atoms with E-state index in [1.54, 1.807) is 19.5 Å². The molecule has 0 atom stereocenters. The second kappa shape index (κ2) is 8.65. The summed E-state index contributed by atoms with van der Waals surface area (Å²) in [5.74, 6) is 0.952. The molecule has 0 spiro atoms. The number of nitrogens with one attached hydrogen (secondary N) is 2. The molecule has 1 aromatic carbocycles. The molecule has 0 radical (unpaired) electrons. The number of hydrogen-bond donors (Lipinski definition) is 2. The first-order valence-electron chi connectivity index (χ1n) is 9.20. The van der Waals surface area contributed by atoms with Gasteiger partial charge in [-0.25, -0.2) is 9.97 Å². The van der Waals surface area contributed by atoms with Gasteiger partial charge in [0.1, 0.15) is 5.75 Å². The van der Waals surface area contributed by atoms with Crippen molar-refractivity contribution in [1.82, 2.24) is 9.97 Å². The van der Waals surface area contributed by atoms with E-state index >= 15 is 0 Å². The molecule has 1 aliphatic rings. The highest BCUT2D eigenvalue weighted by Gasteiger charge is 2.14. The molecule has 1 fully saturated rings. The fraction of sp³-hybridized carbons (Fsp3) is 0.450. The lowest BCUT2D eigenvalue weighted by molar-refractivity contribution is 0.102. The van der Waals surface area contributed by atoms with E-state index in [1.165, 1.54) is 25.7 Å². The predicted molar refractivity (Wildman–Crippen MR) is 103 cm³/mol. The highest BCUT2D eigenvalue weighted by atomic mass is 16.5. The van der Waals surface area contributed by atoms with Crippen LogP contribution >= 0.6 is 0 Å². The zero-order valence-corrected chi connectivity index (χ0v) is 15.4. The minimum absolute atomic E-state index is 0.255. The number of methoxy groups -OCH3 is 1. The van der Waals surface area contributed by atoms with Crippen LogP contribution in [0.3, 0.4) is 0 Å². The van der Waals surface area contributed by atoms with Crippen LogP contribution in [0.5, 0.6) is 5.75 Å². The highest BCUT2D eigenvalue weighted by Crippen LogP contribution is 2.25. The Morgan fingerprint density at radius 2 is 1.81 bits per heavy atom. The quantitative estimate of drug-likeness (QED) is 0.788. The van der Waals surface area contributed by atoms with Crippen LogP contribution in [0.1, 0.15) is 54.4 Å². The number of benzene rings is 1. The molecule has 2 N–H and O–H groups in total. The monoisotopic (exact) mass is 354 g/mol. The summed E-state index contributed by atoms with van der Waals surface area (Å²) in [7, 11) is 1.58. The van der Waals surface area contributed by atoms with E-state index in [4.69, 9.17) is 4.74 Å². The van der Waals surface area contributed by atoms with E-state index in [0.717, 1.165) is 18.4 Å². The van der Waals surface area contributed by atoms with Crippen molar-refractivity contribution in [2.24, 2.45) is 0 Å². The first-order valence-corrected chi connectivity index (χ1v) is 9.20. The third kappa shape index (κ3) is 4.71. The lowest BCUT2D eigenvalue weighted by Crippen LogP contribution is -2.20. The van der Waals surface area contributed by atoms with Gasteiger partial charge in [-0.3, -0.25) is 4.79 Å². The predicted octanol–water partition coefficient (Wildman–Crippen LogP) is 4.18. The lowest BCUT2D eigenvalue weighted by atomic mass is 10.1. The van der Waals surface area contributed by atoms with Crippen molar-refractivity contribution >= 4 is 17.5 Å². The summed E-state index contributed by atoms with van der Waals surface area (Å²) in [5, 5.41) is 6.25. The Balaban J connectivity index is 1.64. The van der Waals surface area contributed by atoms with Crippen molar-refractivity contribution in [3.05, 3.63) is 41.7 Å². The number of nitrogens with zero attached hydrogens (tertiary/aromatic N) is 2. The summed E-state index contributed by atoms with van der Waals surface area (Å²) >= 11 is 0. The summed E-state index contributed by atoms with van der Waals surface area (Å²) in [6.07, 6.45) is 10.5. The van der Waals surface area contributed by atoms with Crippen LogP contribution in [0.15, 0.2) is 30.6 Å². The zero-order valence-electron chi connectivity index (χ0n) is 15.4. The Kier molecular flexibility index (Phi) is 6.04. The topological polar surface area (TPSA) is 76.1 Å². The fourth-order valence-corrected chi connectivity index (χ4v) is 3.24. The minimum atomic E-state index is -0.255. The van der Waals surface area contributed by atoms with Gasteiger partial charge >= 0.3 is 0 Å². The summed E-state index contributed by atoms with van der Waals surface area (Å²) in [6.45, 7) is 1.96. The summed E-state index contributed by atoms with van der Waals surface area (Å²) < 4.78 is 5.29. The molecule has 1 aromatic heterocycles. The molecule has 0 unspecified atom stereocenters. The largest absolute Gasteiger partial charge is 0.495 e. The molecular formula is C20H26N4O2. The van der Waals surface area contributed by atoms with Gasteiger partial charge in [0, 0.05) is 18.4 Å². The standard InChI is InChI=1S/C20H26N4O2/c1-14-9-10-18(26-2)17(11-14)24-19(25)15-12-21-20(22-13-15)23-16-7-5-3-4-6-8-16/h9-13,16H,3-8H2,1-2H3,(H,24,25)(H,21,22,23). The van der Waals surface area contributed by atoms with Gasteiger partial charge in [-0.05, 0) is 37.5 Å². The fourth-order valence-electron chi connectivity index (χ4n) is 3.24. The van der Waals surface area contributed by atoms with Gasteiger partial charge in [0.15, 0.2) is 0 Å². The van der Waals surface area contributed by atoms with Crippen LogP contribution in [0.4, 0.5) is 11.6 Å². The van der Waals surface area contributed by atoms with Crippen LogP contribution in [0.25, 0.3) is 0 Å². The van der Waals surface area contributed by atoms with Crippen LogP contribution in [0, 0.1) is 6.92 Å². The molecule has 3 rings (SSSR count). The number of aryl methyl sites for hydroxylation is 1. The van der Waals surface area contributed by atoms with Gasteiger partial charge in [-0.2, -0.15) is 0 Å². The van der Waals surface area contributed by atoms with E-state index in [1.807, 2.05) is 25.1 Å². The van der Waals surface area contributed by atoms with Gasteiger partial charge in [0.05, 0.1) is 18.4 Å². The van der Waals surface area contributed by atoms with Gasteiger partial charge in [-0.1, -0.05) is 31.7 Å². The molecule has 0 saturated heterocycles. The number of carbonyl (C=O) groups excluding carboxylic acids is 1. The molecule has 6 nitrogen and oxygen atoms in total. The highest BCUT2D eigenvalue weighted by molar-refractivity contribution is 6.04. The zero-order chi connectivity index (χ0) is 18.4. The van der Waals surface area contributed by atoms with Gasteiger partial charge in [-0.15, -0.1) is 0 Å². The Morgan fingerprint density at radius 1 is 1.12 bits per heavy atom. The molecule has 6 heteroatoms. The van der Waals surface area contributed by atoms with Crippen molar-refractivity contribution in [2.45, 2.75) is 51.5 Å². The van der Waals surface area contributed by atoms with E-state index in [0.29, 0.717) is 29.0 Å². The number of amides is 1. The number of hydrogen-bond acceptors (Lipinski definition) is 5.